The molecule has 0 fully saturated rings. The van der Waals surface area contributed by atoms with Gasteiger partial charge >= 0.3 is 0 Å². The van der Waals surface area contributed by atoms with Crippen LogP contribution < -0.4 is 11.1 Å². The molecule has 0 aliphatic heterocycles. The Balaban J connectivity index is 1.74. The van der Waals surface area contributed by atoms with E-state index in [1.54, 1.807) is 18.2 Å². The first-order valence-corrected chi connectivity index (χ1v) is 7.18. The second-order valence-corrected chi connectivity index (χ2v) is 5.08. The van der Waals surface area contributed by atoms with Crippen LogP contribution in [0.1, 0.15) is 16.1 Å². The lowest BCUT2D eigenvalue weighted by molar-refractivity contribution is 0.0951. The van der Waals surface area contributed by atoms with Crippen LogP contribution in [0.15, 0.2) is 48.5 Å². The number of aromatic nitrogens is 2. The van der Waals surface area contributed by atoms with Gasteiger partial charge < -0.3 is 11.1 Å². The molecule has 0 unspecified atom stereocenters. The topological polar surface area (TPSA) is 80.9 Å². The maximum Gasteiger partial charge on any atom is 0.270 e. The van der Waals surface area contributed by atoms with E-state index in [1.165, 1.54) is 12.1 Å². The molecule has 0 spiro atoms. The minimum Gasteiger partial charge on any atom is -0.368 e. The zero-order valence-electron chi connectivity index (χ0n) is 12.3. The lowest BCUT2D eigenvalue weighted by atomic mass is 10.1. The van der Waals surface area contributed by atoms with Crippen LogP contribution in [0.2, 0.25) is 0 Å². The Morgan fingerprint density at radius 1 is 1.13 bits per heavy atom. The van der Waals surface area contributed by atoms with Crippen molar-refractivity contribution in [3.63, 3.8) is 0 Å². The van der Waals surface area contributed by atoms with Gasteiger partial charge in [-0.1, -0.05) is 30.3 Å². The van der Waals surface area contributed by atoms with E-state index < -0.39 is 0 Å². The summed E-state index contributed by atoms with van der Waals surface area (Å²) in [6.45, 7) is 0.376. The van der Waals surface area contributed by atoms with Crippen molar-refractivity contribution in [1.82, 2.24) is 15.3 Å². The summed E-state index contributed by atoms with van der Waals surface area (Å²) in [6.07, 6.45) is 0.530. The van der Waals surface area contributed by atoms with Crippen molar-refractivity contribution in [2.45, 2.75) is 6.42 Å². The number of hydrogen-bond donors (Lipinski definition) is 2. The van der Waals surface area contributed by atoms with E-state index in [1.807, 2.05) is 18.2 Å². The van der Waals surface area contributed by atoms with Crippen LogP contribution in [0.25, 0.3) is 10.9 Å². The smallest absolute Gasteiger partial charge is 0.270 e. The maximum atomic E-state index is 13.1. The average molecular weight is 310 g/mol. The average Bonchev–Trinajstić information content (AvgIpc) is 2.54. The van der Waals surface area contributed by atoms with Crippen LogP contribution in [0, 0.1) is 5.82 Å². The Morgan fingerprint density at radius 3 is 2.78 bits per heavy atom. The molecule has 0 aliphatic carbocycles. The van der Waals surface area contributed by atoms with Crippen molar-refractivity contribution < 1.29 is 9.18 Å². The Morgan fingerprint density at radius 2 is 1.96 bits per heavy atom. The van der Waals surface area contributed by atoms with Crippen molar-refractivity contribution >= 4 is 22.8 Å². The van der Waals surface area contributed by atoms with Gasteiger partial charge in [-0.25, -0.2) is 14.4 Å². The molecule has 3 rings (SSSR count). The number of rotatable bonds is 4. The Labute approximate surface area is 132 Å². The predicted molar refractivity (Wildman–Crippen MR) is 86.4 cm³/mol. The number of fused-ring (bicyclic) bond motifs is 1. The van der Waals surface area contributed by atoms with E-state index >= 15 is 0 Å². The summed E-state index contributed by atoms with van der Waals surface area (Å²) in [7, 11) is 0. The molecule has 3 aromatic rings. The van der Waals surface area contributed by atoms with Gasteiger partial charge in [0.15, 0.2) is 0 Å². The monoisotopic (exact) mass is 310 g/mol. The van der Waals surface area contributed by atoms with Gasteiger partial charge in [0.25, 0.3) is 5.91 Å². The van der Waals surface area contributed by atoms with E-state index in [-0.39, 0.29) is 23.4 Å². The molecular formula is C17H15FN4O. The van der Waals surface area contributed by atoms with Gasteiger partial charge in [0, 0.05) is 11.9 Å². The van der Waals surface area contributed by atoms with E-state index in [0.29, 0.717) is 23.9 Å². The summed E-state index contributed by atoms with van der Waals surface area (Å²) in [4.78, 5) is 20.5. The molecule has 116 valence electrons. The van der Waals surface area contributed by atoms with Gasteiger partial charge in [0.05, 0.1) is 5.52 Å². The number of nitrogen functional groups attached to an aromatic ring is 1. The van der Waals surface area contributed by atoms with E-state index in [2.05, 4.69) is 15.3 Å². The van der Waals surface area contributed by atoms with Gasteiger partial charge in [-0.15, -0.1) is 0 Å². The molecule has 23 heavy (non-hydrogen) atoms. The first kappa shape index (κ1) is 14.9. The van der Waals surface area contributed by atoms with Crippen LogP contribution in [0.3, 0.4) is 0 Å². The first-order valence-electron chi connectivity index (χ1n) is 7.18. The summed E-state index contributed by atoms with van der Waals surface area (Å²) in [5.41, 5.74) is 7.34. The largest absolute Gasteiger partial charge is 0.368 e. The minimum atomic E-state index is -0.327. The number of nitrogens with one attached hydrogen (secondary N) is 1. The number of carbonyl (C=O) groups is 1. The van der Waals surface area contributed by atoms with Crippen molar-refractivity contribution in [2.24, 2.45) is 0 Å². The Bertz CT molecular complexity index is 866. The van der Waals surface area contributed by atoms with Gasteiger partial charge in [-0.2, -0.15) is 0 Å². The summed E-state index contributed by atoms with van der Waals surface area (Å²) in [6, 6.07) is 13.5. The molecular weight excluding hydrogens is 295 g/mol. The Hall–Kier alpha value is -3.02. The number of halogens is 1. The molecule has 1 amide bonds. The molecule has 0 saturated heterocycles. The normalized spacial score (nSPS) is 10.7. The number of nitrogens with two attached hydrogens (primary N) is 1. The molecule has 0 saturated carbocycles. The van der Waals surface area contributed by atoms with Gasteiger partial charge in [0.1, 0.15) is 11.5 Å². The highest BCUT2D eigenvalue weighted by Crippen LogP contribution is 2.16. The fourth-order valence-corrected chi connectivity index (χ4v) is 2.36. The molecule has 2 aromatic carbocycles. The van der Waals surface area contributed by atoms with Crippen LogP contribution in [-0.2, 0) is 6.42 Å². The third kappa shape index (κ3) is 3.42. The summed E-state index contributed by atoms with van der Waals surface area (Å²) >= 11 is 0. The molecule has 1 heterocycles. The van der Waals surface area contributed by atoms with Gasteiger partial charge in [-0.3, -0.25) is 4.79 Å². The maximum absolute atomic E-state index is 13.1. The molecule has 1 aromatic heterocycles. The summed E-state index contributed by atoms with van der Waals surface area (Å²) < 4.78 is 13.1. The second kappa shape index (κ2) is 6.39. The predicted octanol–water partition coefficient (Wildman–Crippen LogP) is 2.32. The van der Waals surface area contributed by atoms with Crippen molar-refractivity contribution in [3.8, 4) is 0 Å². The zero-order chi connectivity index (χ0) is 16.2. The van der Waals surface area contributed by atoms with Crippen LogP contribution >= 0.6 is 0 Å². The fourth-order valence-electron chi connectivity index (χ4n) is 2.36. The number of anilines is 1. The highest BCUT2D eigenvalue weighted by Gasteiger charge is 2.13. The van der Waals surface area contributed by atoms with Crippen LogP contribution in [-0.4, -0.2) is 22.4 Å². The van der Waals surface area contributed by atoms with E-state index in [0.717, 1.165) is 5.56 Å². The molecule has 5 nitrogen and oxygen atoms in total. The van der Waals surface area contributed by atoms with Crippen molar-refractivity contribution in [3.05, 3.63) is 65.6 Å². The highest BCUT2D eigenvalue weighted by atomic mass is 19.1. The number of carbonyl (C=O) groups excluding carboxylic acids is 1. The van der Waals surface area contributed by atoms with E-state index in [4.69, 9.17) is 5.73 Å². The molecule has 0 aliphatic rings. The quantitative estimate of drug-likeness (QED) is 0.775. The lowest BCUT2D eigenvalue weighted by Gasteiger charge is -2.08. The number of benzene rings is 2. The Kier molecular flexibility index (Phi) is 4.14. The summed E-state index contributed by atoms with van der Waals surface area (Å²) in [5, 5.41) is 3.42. The zero-order valence-corrected chi connectivity index (χ0v) is 12.3. The summed E-state index contributed by atoms with van der Waals surface area (Å²) in [5.74, 6) is -0.561. The third-order valence-electron chi connectivity index (χ3n) is 3.42. The van der Waals surface area contributed by atoms with E-state index in [9.17, 15) is 9.18 Å². The molecule has 0 atom stereocenters. The van der Waals surface area contributed by atoms with Gasteiger partial charge in [-0.05, 0) is 30.2 Å². The molecule has 0 radical (unpaired) electrons. The molecule has 0 bridgehead atoms. The van der Waals surface area contributed by atoms with Crippen LogP contribution in [0.4, 0.5) is 10.3 Å². The molecule has 3 N–H and O–H groups in total. The standard InChI is InChI=1S/C17H15FN4O/c18-12-5-3-4-11(10-12)8-9-20-16(23)15-13-6-1-2-7-14(13)21-17(19)22-15/h1-7,10H,8-9H2,(H,20,23)(H2,19,21,22). The number of nitrogens with zero attached hydrogens (tertiary/aromatic N) is 2. The number of para-hydroxylation sites is 1. The minimum absolute atomic E-state index is 0.0546. The highest BCUT2D eigenvalue weighted by molar-refractivity contribution is 6.04. The van der Waals surface area contributed by atoms with Crippen LogP contribution in [0.5, 0.6) is 0 Å². The number of hydrogen-bond acceptors (Lipinski definition) is 4. The fraction of sp³-hybridized carbons (Fsp3) is 0.118. The van der Waals surface area contributed by atoms with Crippen molar-refractivity contribution in [1.29, 1.82) is 0 Å². The van der Waals surface area contributed by atoms with Crippen molar-refractivity contribution in [2.75, 3.05) is 12.3 Å². The molecule has 6 heteroatoms. The SMILES string of the molecule is Nc1nc(C(=O)NCCc2cccc(F)c2)c2ccccc2n1. The third-order valence-corrected chi connectivity index (χ3v) is 3.42. The first-order chi connectivity index (χ1) is 11.1. The number of amides is 1. The second-order valence-electron chi connectivity index (χ2n) is 5.08. The van der Waals surface area contributed by atoms with Gasteiger partial charge in [0.2, 0.25) is 5.95 Å². The lowest BCUT2D eigenvalue weighted by Crippen LogP contribution is -2.27.